The van der Waals surface area contributed by atoms with Crippen molar-refractivity contribution in [1.82, 2.24) is 15.2 Å². The first-order valence-electron chi connectivity index (χ1n) is 10.1. The van der Waals surface area contributed by atoms with Crippen LogP contribution in [0, 0.1) is 6.92 Å². The molecule has 0 aliphatic heterocycles. The van der Waals surface area contributed by atoms with Gasteiger partial charge in [0.2, 0.25) is 0 Å². The predicted molar refractivity (Wildman–Crippen MR) is 131 cm³/mol. The van der Waals surface area contributed by atoms with Crippen molar-refractivity contribution in [3.63, 3.8) is 0 Å². The molecule has 0 atom stereocenters. The van der Waals surface area contributed by atoms with Gasteiger partial charge in [0.25, 0.3) is 5.91 Å². The Bertz CT molecular complexity index is 1300. The molecule has 0 saturated carbocycles. The average Bonchev–Trinajstić information content (AvgIpc) is 3.25. The molecule has 33 heavy (non-hydrogen) atoms. The summed E-state index contributed by atoms with van der Waals surface area (Å²) in [6.07, 6.45) is 3.43. The Kier molecular flexibility index (Phi) is 7.07. The van der Waals surface area contributed by atoms with Gasteiger partial charge in [-0.15, -0.1) is 0 Å². The second-order valence-corrected chi connectivity index (χ2v) is 8.00. The predicted octanol–water partition coefficient (Wildman–Crippen LogP) is 5.68. The van der Waals surface area contributed by atoms with Crippen LogP contribution in [0.2, 0.25) is 10.0 Å². The van der Waals surface area contributed by atoms with E-state index < -0.39 is 5.91 Å². The van der Waals surface area contributed by atoms with Crippen LogP contribution in [0.1, 0.15) is 11.1 Å². The lowest BCUT2D eigenvalue weighted by Crippen LogP contribution is -2.24. The molecule has 4 aromatic rings. The van der Waals surface area contributed by atoms with E-state index in [0.717, 1.165) is 28.1 Å². The summed E-state index contributed by atoms with van der Waals surface area (Å²) in [4.78, 5) is 12.2. The summed E-state index contributed by atoms with van der Waals surface area (Å²) < 4.78 is 7.21. The van der Waals surface area contributed by atoms with E-state index in [-0.39, 0.29) is 11.6 Å². The summed E-state index contributed by atoms with van der Waals surface area (Å²) in [6, 6.07) is 22.8. The normalized spacial score (nSPS) is 11.0. The first-order valence-corrected chi connectivity index (χ1v) is 10.9. The summed E-state index contributed by atoms with van der Waals surface area (Å²) in [5.41, 5.74) is 6.97. The standard InChI is InChI=1S/C25H20Cl2N4O2/c1-17-7-5-8-18(13-17)25-19(15-31(30-25)20-9-3-2-4-10-20)14-28-29-23(32)16-33-22-12-6-11-21(26)24(22)27/h2-15H,16H2,1H3,(H,29,32)/b28-14+. The van der Waals surface area contributed by atoms with Crippen molar-refractivity contribution in [2.75, 3.05) is 6.61 Å². The number of carbonyl (C=O) groups is 1. The number of rotatable bonds is 7. The highest BCUT2D eigenvalue weighted by Gasteiger charge is 2.12. The first-order chi connectivity index (χ1) is 16.0. The van der Waals surface area contributed by atoms with E-state index in [1.807, 2.05) is 61.7 Å². The highest BCUT2D eigenvalue weighted by Crippen LogP contribution is 2.31. The number of carbonyl (C=O) groups excluding carboxylic acids is 1. The lowest BCUT2D eigenvalue weighted by Gasteiger charge is -2.07. The number of hydrogen-bond donors (Lipinski definition) is 1. The molecule has 0 aliphatic rings. The smallest absolute Gasteiger partial charge is 0.277 e. The maximum Gasteiger partial charge on any atom is 0.277 e. The van der Waals surface area contributed by atoms with Crippen molar-refractivity contribution in [3.05, 3.63) is 100 Å². The maximum absolute atomic E-state index is 12.2. The van der Waals surface area contributed by atoms with Crippen LogP contribution in [0.15, 0.2) is 84.1 Å². The van der Waals surface area contributed by atoms with Gasteiger partial charge in [-0.3, -0.25) is 4.79 Å². The molecule has 3 aromatic carbocycles. The van der Waals surface area contributed by atoms with E-state index in [1.165, 1.54) is 0 Å². The summed E-state index contributed by atoms with van der Waals surface area (Å²) in [5, 5.41) is 9.45. The van der Waals surface area contributed by atoms with Crippen LogP contribution in [0.3, 0.4) is 0 Å². The number of nitrogens with zero attached hydrogens (tertiary/aromatic N) is 3. The molecule has 1 aromatic heterocycles. The molecule has 0 aliphatic carbocycles. The molecule has 8 heteroatoms. The van der Waals surface area contributed by atoms with Crippen molar-refractivity contribution in [1.29, 1.82) is 0 Å². The number of amides is 1. The molecular formula is C25H20Cl2N4O2. The Balaban J connectivity index is 1.51. The van der Waals surface area contributed by atoms with Crippen molar-refractivity contribution in [3.8, 4) is 22.7 Å². The van der Waals surface area contributed by atoms with Crippen molar-refractivity contribution >= 4 is 35.3 Å². The average molecular weight is 479 g/mol. The van der Waals surface area contributed by atoms with Crippen molar-refractivity contribution in [2.24, 2.45) is 5.10 Å². The van der Waals surface area contributed by atoms with Crippen LogP contribution in [0.25, 0.3) is 16.9 Å². The molecule has 1 amide bonds. The molecule has 166 valence electrons. The highest BCUT2D eigenvalue weighted by atomic mass is 35.5. The third-order valence-corrected chi connectivity index (χ3v) is 5.52. The molecule has 0 unspecified atom stereocenters. The second-order valence-electron chi connectivity index (χ2n) is 7.22. The lowest BCUT2D eigenvalue weighted by molar-refractivity contribution is -0.123. The van der Waals surface area contributed by atoms with Crippen molar-refractivity contribution in [2.45, 2.75) is 6.92 Å². The minimum absolute atomic E-state index is 0.256. The zero-order chi connectivity index (χ0) is 23.2. The molecule has 0 saturated heterocycles. The fourth-order valence-electron chi connectivity index (χ4n) is 3.16. The number of hydrazone groups is 1. The van der Waals surface area contributed by atoms with Crippen molar-refractivity contribution < 1.29 is 9.53 Å². The van der Waals surface area contributed by atoms with Gasteiger partial charge in [-0.25, -0.2) is 10.1 Å². The number of aromatic nitrogens is 2. The minimum Gasteiger partial charge on any atom is -0.482 e. The summed E-state index contributed by atoms with van der Waals surface area (Å²) >= 11 is 12.0. The molecular weight excluding hydrogens is 459 g/mol. The van der Waals surface area contributed by atoms with Gasteiger partial charge in [-0.2, -0.15) is 10.2 Å². The van der Waals surface area contributed by atoms with Crippen LogP contribution < -0.4 is 10.2 Å². The summed E-state index contributed by atoms with van der Waals surface area (Å²) in [6.45, 7) is 1.77. The second kappa shape index (κ2) is 10.3. The van der Waals surface area contributed by atoms with E-state index in [0.29, 0.717) is 10.8 Å². The monoisotopic (exact) mass is 478 g/mol. The SMILES string of the molecule is Cc1cccc(-c2nn(-c3ccccc3)cc2/C=N/NC(=O)COc2cccc(Cl)c2Cl)c1. The molecule has 0 bridgehead atoms. The molecule has 1 heterocycles. The molecule has 0 spiro atoms. The van der Waals surface area contributed by atoms with Gasteiger partial charge in [0.15, 0.2) is 6.61 Å². The largest absolute Gasteiger partial charge is 0.482 e. The van der Waals surface area contributed by atoms with E-state index in [9.17, 15) is 4.79 Å². The van der Waals surface area contributed by atoms with Crippen LogP contribution >= 0.6 is 23.2 Å². The zero-order valence-electron chi connectivity index (χ0n) is 17.7. The number of ether oxygens (including phenoxy) is 1. The molecule has 0 radical (unpaired) electrons. The molecule has 6 nitrogen and oxygen atoms in total. The number of benzene rings is 3. The Labute approximate surface area is 201 Å². The van der Waals surface area contributed by atoms with Crippen LogP contribution in [0.4, 0.5) is 0 Å². The van der Waals surface area contributed by atoms with Gasteiger partial charge in [0.05, 0.1) is 16.9 Å². The maximum atomic E-state index is 12.2. The van der Waals surface area contributed by atoms with Gasteiger partial charge < -0.3 is 4.74 Å². The van der Waals surface area contributed by atoms with Gasteiger partial charge in [-0.1, -0.05) is 71.2 Å². The van der Waals surface area contributed by atoms with Gasteiger partial charge in [0.1, 0.15) is 16.5 Å². The van der Waals surface area contributed by atoms with Gasteiger partial charge in [0, 0.05) is 17.3 Å². The number of halogens is 2. The Morgan fingerprint density at radius 2 is 1.88 bits per heavy atom. The number of hydrogen-bond acceptors (Lipinski definition) is 4. The minimum atomic E-state index is -0.435. The quantitative estimate of drug-likeness (QED) is 0.274. The number of nitrogens with one attached hydrogen (secondary N) is 1. The zero-order valence-corrected chi connectivity index (χ0v) is 19.2. The van der Waals surface area contributed by atoms with Gasteiger partial charge in [-0.05, 0) is 37.3 Å². The fourth-order valence-corrected chi connectivity index (χ4v) is 3.50. The molecule has 0 fully saturated rings. The topological polar surface area (TPSA) is 68.5 Å². The van der Waals surface area contributed by atoms with Gasteiger partial charge >= 0.3 is 0 Å². The summed E-state index contributed by atoms with van der Waals surface area (Å²) in [5.74, 6) is -0.107. The Hall–Kier alpha value is -3.61. The number of aryl methyl sites for hydroxylation is 1. The lowest BCUT2D eigenvalue weighted by atomic mass is 10.1. The third-order valence-electron chi connectivity index (χ3n) is 4.72. The highest BCUT2D eigenvalue weighted by molar-refractivity contribution is 6.42. The van der Waals surface area contributed by atoms with Crippen LogP contribution in [-0.2, 0) is 4.79 Å². The third kappa shape index (κ3) is 5.61. The summed E-state index contributed by atoms with van der Waals surface area (Å²) in [7, 11) is 0. The van der Waals surface area contributed by atoms with Crippen LogP contribution in [0.5, 0.6) is 5.75 Å². The van der Waals surface area contributed by atoms with E-state index in [2.05, 4.69) is 16.6 Å². The first kappa shape index (κ1) is 22.6. The fraction of sp³-hybridized carbons (Fsp3) is 0.0800. The Morgan fingerprint density at radius 1 is 1.09 bits per heavy atom. The molecule has 4 rings (SSSR count). The Morgan fingerprint density at radius 3 is 2.67 bits per heavy atom. The van der Waals surface area contributed by atoms with Crippen LogP contribution in [-0.4, -0.2) is 28.5 Å². The van der Waals surface area contributed by atoms with E-state index in [4.69, 9.17) is 33.0 Å². The van der Waals surface area contributed by atoms with E-state index in [1.54, 1.807) is 29.1 Å². The number of para-hydroxylation sites is 1. The molecule has 1 N–H and O–H groups in total. The van der Waals surface area contributed by atoms with E-state index >= 15 is 0 Å².